The van der Waals surface area contributed by atoms with Gasteiger partial charge in [-0.15, -0.1) is 0 Å². The van der Waals surface area contributed by atoms with Crippen LogP contribution < -0.4 is 0 Å². The van der Waals surface area contributed by atoms with E-state index in [1.807, 2.05) is 125 Å². The Balaban J connectivity index is 1.69. The average Bonchev–Trinajstić information content (AvgIpc) is 3.53. The molecule has 0 saturated heterocycles. The van der Waals surface area contributed by atoms with E-state index in [-0.39, 0.29) is 11.7 Å². The summed E-state index contributed by atoms with van der Waals surface area (Å²) in [5, 5.41) is 0. The number of aliphatic imine (C=N–C) groups is 2. The Bertz CT molecular complexity index is 2010. The summed E-state index contributed by atoms with van der Waals surface area (Å²) in [7, 11) is -2.92. The maximum absolute atomic E-state index is 15.3. The SMILES string of the molecule is Cc1ccc(C2=N/C(=N\c3c(-c4ccc(C)cc4)c(Br)c(-c4ccc(C)cc4)n3B(F)F)C(c3ccc(C)cc3)=C2C=O)cc1. The van der Waals surface area contributed by atoms with E-state index in [0.29, 0.717) is 38.2 Å². The van der Waals surface area contributed by atoms with E-state index in [1.165, 1.54) is 0 Å². The van der Waals surface area contributed by atoms with Gasteiger partial charge in [0, 0.05) is 16.7 Å². The zero-order chi connectivity index (χ0) is 31.8. The molecule has 2 heterocycles. The van der Waals surface area contributed by atoms with E-state index >= 15 is 8.63 Å². The lowest BCUT2D eigenvalue weighted by molar-refractivity contribution is -0.104. The largest absolute Gasteiger partial charge is 0.679 e. The second-order valence-corrected chi connectivity index (χ2v) is 12.1. The lowest BCUT2D eigenvalue weighted by Gasteiger charge is -2.11. The first kappa shape index (κ1) is 30.3. The fourth-order valence-corrected chi connectivity index (χ4v) is 6.32. The van der Waals surface area contributed by atoms with Gasteiger partial charge in [0.15, 0.2) is 12.1 Å². The zero-order valence-corrected chi connectivity index (χ0v) is 26.9. The van der Waals surface area contributed by atoms with Crippen molar-refractivity contribution < 1.29 is 13.4 Å². The van der Waals surface area contributed by atoms with Crippen LogP contribution in [0, 0.1) is 27.7 Å². The van der Waals surface area contributed by atoms with Gasteiger partial charge < -0.3 is 4.48 Å². The average molecular weight is 660 g/mol. The Labute approximate surface area is 270 Å². The fraction of sp³-hybridized carbons (Fsp3) is 0.108. The van der Waals surface area contributed by atoms with Gasteiger partial charge in [-0.3, -0.25) is 13.4 Å². The van der Waals surface area contributed by atoms with Crippen LogP contribution in [0.3, 0.4) is 0 Å². The van der Waals surface area contributed by atoms with E-state index in [4.69, 9.17) is 9.98 Å². The molecule has 0 saturated carbocycles. The predicted molar refractivity (Wildman–Crippen MR) is 185 cm³/mol. The van der Waals surface area contributed by atoms with Crippen LogP contribution in [0.25, 0.3) is 28.0 Å². The number of rotatable bonds is 7. The Hall–Kier alpha value is -4.69. The van der Waals surface area contributed by atoms with E-state index in [1.54, 1.807) is 0 Å². The molecule has 0 radical (unpaired) electrons. The Morgan fingerprint density at radius 2 is 1.13 bits per heavy atom. The number of aldehydes is 1. The summed E-state index contributed by atoms with van der Waals surface area (Å²) in [4.78, 5) is 22.6. The summed E-state index contributed by atoms with van der Waals surface area (Å²) in [6, 6.07) is 30.5. The molecule has 0 aliphatic carbocycles. The number of aromatic nitrogens is 1. The highest BCUT2D eigenvalue weighted by Gasteiger charge is 2.34. The van der Waals surface area contributed by atoms with Gasteiger partial charge in [0.25, 0.3) is 0 Å². The van der Waals surface area contributed by atoms with E-state index < -0.39 is 7.40 Å². The second kappa shape index (κ2) is 12.4. The Kier molecular flexibility index (Phi) is 8.34. The van der Waals surface area contributed by atoms with Crippen LogP contribution in [0.15, 0.2) is 117 Å². The highest BCUT2D eigenvalue weighted by molar-refractivity contribution is 9.10. The number of carbonyl (C=O) groups is 1. The lowest BCUT2D eigenvalue weighted by atomic mass is 9.95. The topological polar surface area (TPSA) is 46.7 Å². The molecule has 0 spiro atoms. The monoisotopic (exact) mass is 659 g/mol. The third-order valence-electron chi connectivity index (χ3n) is 7.94. The minimum atomic E-state index is -2.92. The molecule has 1 aliphatic rings. The maximum Gasteiger partial charge on any atom is 0.679 e. The minimum Gasteiger partial charge on any atom is -0.308 e. The molecule has 0 unspecified atom stereocenters. The second-order valence-electron chi connectivity index (χ2n) is 11.3. The lowest BCUT2D eigenvalue weighted by Crippen LogP contribution is -2.14. The third-order valence-corrected chi connectivity index (χ3v) is 8.71. The summed E-state index contributed by atoms with van der Waals surface area (Å²) >= 11 is 3.70. The predicted octanol–water partition coefficient (Wildman–Crippen LogP) is 9.78. The van der Waals surface area contributed by atoms with Crippen LogP contribution in [0.2, 0.25) is 0 Å². The van der Waals surface area contributed by atoms with E-state index in [0.717, 1.165) is 49.7 Å². The normalized spacial score (nSPS) is 13.8. The number of carbonyl (C=O) groups excluding carboxylic acids is 1. The van der Waals surface area contributed by atoms with Crippen molar-refractivity contribution in [3.8, 4) is 22.4 Å². The van der Waals surface area contributed by atoms with Gasteiger partial charge in [0.05, 0.1) is 21.5 Å². The van der Waals surface area contributed by atoms with Crippen LogP contribution in [0.5, 0.6) is 0 Å². The van der Waals surface area contributed by atoms with Gasteiger partial charge >= 0.3 is 7.40 Å². The molecular formula is C37H29BBrF2N3O. The van der Waals surface area contributed by atoms with Crippen molar-refractivity contribution in [2.75, 3.05) is 0 Å². The first-order valence-corrected chi connectivity index (χ1v) is 15.3. The summed E-state index contributed by atoms with van der Waals surface area (Å²) < 4.78 is 32.0. The zero-order valence-electron chi connectivity index (χ0n) is 25.3. The molecule has 1 aromatic heterocycles. The van der Waals surface area contributed by atoms with Crippen molar-refractivity contribution in [2.24, 2.45) is 9.98 Å². The van der Waals surface area contributed by atoms with Crippen molar-refractivity contribution in [2.45, 2.75) is 27.7 Å². The Morgan fingerprint density at radius 1 is 0.689 bits per heavy atom. The van der Waals surface area contributed by atoms with Gasteiger partial charge in [-0.1, -0.05) is 119 Å². The molecule has 0 N–H and O–H groups in total. The highest BCUT2D eigenvalue weighted by atomic mass is 79.9. The molecule has 4 nitrogen and oxygen atoms in total. The molecule has 0 atom stereocenters. The van der Waals surface area contributed by atoms with Gasteiger partial charge in [0.2, 0.25) is 0 Å². The maximum atomic E-state index is 15.3. The molecule has 4 aromatic carbocycles. The first-order valence-electron chi connectivity index (χ1n) is 14.5. The number of hydrogen-bond acceptors (Lipinski definition) is 2. The first-order chi connectivity index (χ1) is 21.7. The van der Waals surface area contributed by atoms with Crippen LogP contribution >= 0.6 is 15.9 Å². The van der Waals surface area contributed by atoms with Gasteiger partial charge in [-0.2, -0.15) is 0 Å². The van der Waals surface area contributed by atoms with Crippen LogP contribution in [-0.4, -0.2) is 29.7 Å². The van der Waals surface area contributed by atoms with Crippen LogP contribution in [0.4, 0.5) is 14.4 Å². The van der Waals surface area contributed by atoms with E-state index in [9.17, 15) is 4.79 Å². The smallest absolute Gasteiger partial charge is 0.308 e. The van der Waals surface area contributed by atoms with Crippen LogP contribution in [-0.2, 0) is 4.79 Å². The molecule has 5 aromatic rings. The molecule has 0 bridgehead atoms. The molecule has 0 amide bonds. The third kappa shape index (κ3) is 5.78. The standard InChI is InChI=1S/C37H29BBrF2N3O/c1-22-5-13-26(14-6-22)31-30(21-45)34(28-17-9-24(3)10-18-28)42-36(31)43-37-32(27-15-7-23(2)8-16-27)33(39)35(44(37)38(40)41)29-19-11-25(4)12-20-29/h5-21H,1-4H3/b43-36-. The van der Waals surface area contributed by atoms with Crippen molar-refractivity contribution >= 4 is 52.6 Å². The van der Waals surface area contributed by atoms with Crippen molar-refractivity contribution in [1.29, 1.82) is 0 Å². The molecule has 1 aliphatic heterocycles. The van der Waals surface area contributed by atoms with Crippen molar-refractivity contribution in [1.82, 2.24) is 4.48 Å². The summed E-state index contributed by atoms with van der Waals surface area (Å²) in [5.74, 6) is 0.224. The fourth-order valence-electron chi connectivity index (χ4n) is 5.49. The summed E-state index contributed by atoms with van der Waals surface area (Å²) in [5.41, 5.74) is 9.06. The van der Waals surface area contributed by atoms with Gasteiger partial charge in [-0.25, -0.2) is 9.98 Å². The number of hydrogen-bond donors (Lipinski definition) is 0. The number of aryl methyl sites for hydroxylation is 4. The van der Waals surface area contributed by atoms with Crippen molar-refractivity contribution in [3.05, 3.63) is 140 Å². The van der Waals surface area contributed by atoms with E-state index in [2.05, 4.69) is 15.9 Å². The number of allylic oxidation sites excluding steroid dienone is 1. The van der Waals surface area contributed by atoms with Crippen LogP contribution in [0.1, 0.15) is 33.4 Å². The summed E-state index contributed by atoms with van der Waals surface area (Å²) in [6.45, 7) is 7.88. The number of amidine groups is 1. The van der Waals surface area contributed by atoms with Gasteiger partial charge in [-0.05, 0) is 60.3 Å². The highest BCUT2D eigenvalue weighted by Crippen LogP contribution is 2.47. The quantitative estimate of drug-likeness (QED) is 0.127. The molecule has 6 rings (SSSR count). The minimum absolute atomic E-state index is 0.0371. The molecule has 0 fully saturated rings. The number of nitrogens with zero attached hydrogens (tertiary/aromatic N) is 3. The number of benzene rings is 4. The Morgan fingerprint density at radius 3 is 1.60 bits per heavy atom. The van der Waals surface area contributed by atoms with Gasteiger partial charge in [0.1, 0.15) is 5.82 Å². The molecule has 222 valence electrons. The number of halogens is 3. The molecule has 8 heteroatoms. The summed E-state index contributed by atoms with van der Waals surface area (Å²) in [6.07, 6.45) is 0.775. The molecule has 45 heavy (non-hydrogen) atoms. The molecular weight excluding hydrogens is 631 g/mol. The van der Waals surface area contributed by atoms with Crippen molar-refractivity contribution in [3.63, 3.8) is 0 Å².